The van der Waals surface area contributed by atoms with Crippen LogP contribution in [0.1, 0.15) is 51.0 Å². The molecule has 2 N–H and O–H groups in total. The molecule has 2 unspecified atom stereocenters. The van der Waals surface area contributed by atoms with Gasteiger partial charge in [0.05, 0.1) is 11.3 Å². The van der Waals surface area contributed by atoms with Gasteiger partial charge >= 0.3 is 12.2 Å². The lowest BCUT2D eigenvalue weighted by Crippen LogP contribution is -2.57. The van der Waals surface area contributed by atoms with Crippen LogP contribution in [0.15, 0.2) is 24.3 Å². The molecule has 4 nitrogen and oxygen atoms in total. The summed E-state index contributed by atoms with van der Waals surface area (Å²) < 4.78 is 39.2. The molecule has 2 saturated heterocycles. The highest BCUT2D eigenvalue weighted by Crippen LogP contribution is 2.35. The van der Waals surface area contributed by atoms with Gasteiger partial charge in [-0.3, -0.25) is 4.90 Å². The summed E-state index contributed by atoms with van der Waals surface area (Å²) in [6.07, 6.45) is 1.83. The Morgan fingerprint density at radius 1 is 1.19 bits per heavy atom. The Bertz CT molecular complexity index is 621. The molecule has 0 aliphatic carbocycles. The maximum atomic E-state index is 13.1. The fourth-order valence-electron chi connectivity index (χ4n) is 4.40. The van der Waals surface area contributed by atoms with E-state index in [1.807, 2.05) is 0 Å². The van der Waals surface area contributed by atoms with Crippen LogP contribution in [0.3, 0.4) is 0 Å². The number of piperidine rings is 2. The average molecular weight is 369 g/mol. The van der Waals surface area contributed by atoms with Gasteiger partial charge in [-0.25, -0.2) is 4.79 Å². The summed E-state index contributed by atoms with van der Waals surface area (Å²) in [4.78, 5) is 14.8. The van der Waals surface area contributed by atoms with Crippen molar-refractivity contribution in [3.63, 3.8) is 0 Å². The van der Waals surface area contributed by atoms with Gasteiger partial charge in [-0.15, -0.1) is 0 Å². The van der Waals surface area contributed by atoms with Crippen molar-refractivity contribution in [2.45, 2.75) is 69.8 Å². The van der Waals surface area contributed by atoms with E-state index in [0.717, 1.165) is 44.7 Å². The summed E-state index contributed by atoms with van der Waals surface area (Å²) in [5, 5.41) is 5.28. The van der Waals surface area contributed by atoms with Crippen molar-refractivity contribution in [3.05, 3.63) is 29.8 Å². The summed E-state index contributed by atoms with van der Waals surface area (Å²) in [6.45, 7) is 3.25. The summed E-state index contributed by atoms with van der Waals surface area (Å²) in [5.41, 5.74) is -1.04. The minimum Gasteiger partial charge on any atom is -0.335 e. The van der Waals surface area contributed by atoms with Crippen molar-refractivity contribution < 1.29 is 18.0 Å². The van der Waals surface area contributed by atoms with Gasteiger partial charge in [-0.1, -0.05) is 25.5 Å². The smallest absolute Gasteiger partial charge is 0.335 e. The first-order valence-electron chi connectivity index (χ1n) is 9.38. The number of carbonyl (C=O) groups excluding carboxylic acids is 1. The third-order valence-corrected chi connectivity index (χ3v) is 5.42. The Kier molecular flexibility index (Phi) is 5.75. The van der Waals surface area contributed by atoms with Crippen LogP contribution in [0.4, 0.5) is 23.7 Å². The molecule has 3 rings (SSSR count). The number of nitrogens with one attached hydrogen (secondary N) is 2. The number of urea groups is 1. The molecular weight excluding hydrogens is 343 g/mol. The van der Waals surface area contributed by atoms with Crippen LogP contribution < -0.4 is 10.6 Å². The fourth-order valence-corrected chi connectivity index (χ4v) is 4.40. The summed E-state index contributed by atoms with van der Waals surface area (Å²) >= 11 is 0. The maximum Gasteiger partial charge on any atom is 0.418 e. The number of rotatable bonds is 4. The molecule has 1 aromatic carbocycles. The van der Waals surface area contributed by atoms with E-state index < -0.39 is 17.8 Å². The van der Waals surface area contributed by atoms with Crippen LogP contribution in [0, 0.1) is 0 Å². The van der Waals surface area contributed by atoms with E-state index in [9.17, 15) is 18.0 Å². The lowest BCUT2D eigenvalue weighted by Gasteiger charge is -2.49. The van der Waals surface area contributed by atoms with E-state index in [2.05, 4.69) is 22.5 Å². The Hall–Kier alpha value is -1.76. The van der Waals surface area contributed by atoms with Gasteiger partial charge in [-0.2, -0.15) is 13.2 Å². The highest BCUT2D eigenvalue weighted by molar-refractivity contribution is 5.90. The number of fused-ring (bicyclic) bond motifs is 2. The molecule has 0 saturated carbocycles. The number of anilines is 1. The molecule has 2 amide bonds. The van der Waals surface area contributed by atoms with E-state index in [0.29, 0.717) is 12.1 Å². The molecule has 2 atom stereocenters. The summed E-state index contributed by atoms with van der Waals surface area (Å²) in [6, 6.07) is 5.44. The number of nitrogens with zero attached hydrogens (tertiary/aromatic N) is 1. The topological polar surface area (TPSA) is 44.4 Å². The number of alkyl halides is 3. The van der Waals surface area contributed by atoms with Gasteiger partial charge in [0.25, 0.3) is 0 Å². The van der Waals surface area contributed by atoms with Crippen LogP contribution in [0.2, 0.25) is 0 Å². The monoisotopic (exact) mass is 369 g/mol. The second-order valence-corrected chi connectivity index (χ2v) is 7.29. The van der Waals surface area contributed by atoms with Crippen molar-refractivity contribution in [2.24, 2.45) is 0 Å². The van der Waals surface area contributed by atoms with Crippen LogP contribution >= 0.6 is 0 Å². The lowest BCUT2D eigenvalue weighted by molar-refractivity contribution is -0.136. The van der Waals surface area contributed by atoms with Crippen LogP contribution in [0.25, 0.3) is 0 Å². The molecule has 2 heterocycles. The zero-order valence-corrected chi connectivity index (χ0v) is 15.0. The van der Waals surface area contributed by atoms with Gasteiger partial charge < -0.3 is 10.6 Å². The number of para-hydroxylation sites is 1. The summed E-state index contributed by atoms with van der Waals surface area (Å²) in [7, 11) is 0. The minimum absolute atomic E-state index is 0.0106. The molecular formula is C19H26F3N3O. The second kappa shape index (κ2) is 7.86. The molecule has 26 heavy (non-hydrogen) atoms. The van der Waals surface area contributed by atoms with Gasteiger partial charge in [0.2, 0.25) is 0 Å². The number of benzene rings is 1. The molecule has 2 bridgehead atoms. The molecule has 2 aliphatic heterocycles. The summed E-state index contributed by atoms with van der Waals surface area (Å²) in [5.74, 6) is 0. The minimum atomic E-state index is -4.49. The molecule has 0 spiro atoms. The predicted octanol–water partition coefficient (Wildman–Crippen LogP) is 4.62. The number of carbonyl (C=O) groups is 1. The quantitative estimate of drug-likeness (QED) is 0.813. The van der Waals surface area contributed by atoms with E-state index in [1.165, 1.54) is 24.6 Å². The second-order valence-electron chi connectivity index (χ2n) is 7.29. The Morgan fingerprint density at radius 3 is 2.46 bits per heavy atom. The molecule has 7 heteroatoms. The number of amides is 2. The standard InChI is InChI=1S/C19H26F3N3O/c1-2-10-25-14-6-5-7-15(25)12-13(11-14)23-18(26)24-17-9-4-3-8-16(17)19(20,21)22/h3-4,8-9,13-15H,2,5-7,10-12H2,1H3,(H2,23,24,26). The molecule has 0 aromatic heterocycles. The third-order valence-electron chi connectivity index (χ3n) is 5.42. The Morgan fingerprint density at radius 2 is 1.85 bits per heavy atom. The van der Waals surface area contributed by atoms with Gasteiger partial charge in [0.1, 0.15) is 0 Å². The van der Waals surface area contributed by atoms with Gasteiger partial charge in [0, 0.05) is 18.1 Å². The zero-order chi connectivity index (χ0) is 18.7. The van der Waals surface area contributed by atoms with Crippen molar-refractivity contribution in [3.8, 4) is 0 Å². The normalized spacial score (nSPS) is 26.4. The van der Waals surface area contributed by atoms with E-state index in [1.54, 1.807) is 0 Å². The fraction of sp³-hybridized carbons (Fsp3) is 0.632. The maximum absolute atomic E-state index is 13.1. The lowest BCUT2D eigenvalue weighted by atomic mass is 9.81. The molecule has 2 fully saturated rings. The molecule has 2 aliphatic rings. The Balaban J connectivity index is 1.62. The first-order valence-corrected chi connectivity index (χ1v) is 9.38. The largest absolute Gasteiger partial charge is 0.418 e. The van der Waals surface area contributed by atoms with Crippen molar-refractivity contribution in [2.75, 3.05) is 11.9 Å². The van der Waals surface area contributed by atoms with E-state index in [4.69, 9.17) is 0 Å². The SMILES string of the molecule is CCCN1C2CCCC1CC(NC(=O)Nc1ccccc1C(F)(F)F)C2. The highest BCUT2D eigenvalue weighted by Gasteiger charge is 2.38. The van der Waals surface area contributed by atoms with Crippen molar-refractivity contribution in [1.82, 2.24) is 10.2 Å². The van der Waals surface area contributed by atoms with Gasteiger partial charge in [0.15, 0.2) is 0 Å². The average Bonchev–Trinajstić information content (AvgIpc) is 2.55. The van der Waals surface area contributed by atoms with Crippen molar-refractivity contribution in [1.29, 1.82) is 0 Å². The highest BCUT2D eigenvalue weighted by atomic mass is 19.4. The van der Waals surface area contributed by atoms with E-state index >= 15 is 0 Å². The first kappa shape index (κ1) is 19.0. The molecule has 0 radical (unpaired) electrons. The number of hydrogen-bond donors (Lipinski definition) is 2. The molecule has 144 valence electrons. The van der Waals surface area contributed by atoms with Crippen molar-refractivity contribution >= 4 is 11.7 Å². The van der Waals surface area contributed by atoms with E-state index in [-0.39, 0.29) is 11.7 Å². The van der Waals surface area contributed by atoms with Crippen LogP contribution in [-0.4, -0.2) is 35.6 Å². The molecule has 1 aromatic rings. The first-order chi connectivity index (χ1) is 12.4. The number of hydrogen-bond acceptors (Lipinski definition) is 2. The van der Waals surface area contributed by atoms with Gasteiger partial charge in [-0.05, 0) is 50.8 Å². The Labute approximate surface area is 152 Å². The zero-order valence-electron chi connectivity index (χ0n) is 15.0. The number of halogens is 3. The predicted molar refractivity (Wildman–Crippen MR) is 95.0 cm³/mol. The van der Waals surface area contributed by atoms with Crippen LogP contribution in [-0.2, 0) is 6.18 Å². The van der Waals surface area contributed by atoms with Crippen LogP contribution in [0.5, 0.6) is 0 Å². The third kappa shape index (κ3) is 4.31.